The largest absolute Gasteiger partial charge is 0.481 e. The molecule has 0 bridgehead atoms. The number of nitrogens with zero attached hydrogens (tertiary/aromatic N) is 2. The zero-order valence-electron chi connectivity index (χ0n) is 23.9. The van der Waals surface area contributed by atoms with Crippen LogP contribution in [0.1, 0.15) is 35.2 Å². The second kappa shape index (κ2) is 20.0. The molecular weight excluding hydrogens is 604 g/mol. The standard InChI is InChI=1S/C27H36N4O12S/c32-22(2-1-10-40-12-15-43-19-25(35)36)18-42-14-13-41-11-9-28-26(37)21-16-29-27(30-17-21)31-44(38,39)23-6-3-20(4-7-23)5-8-24(33)34/h3-4,6-7,16-17H,1-2,5,8-15,18-19H2,(H,28,37)(H,33,34)(H,35,36)(H,29,30,31). The first-order chi connectivity index (χ1) is 21.1. The fraction of sp³-hybridized carbons (Fsp3) is 0.481. The molecule has 0 aliphatic rings. The van der Waals surface area contributed by atoms with Crippen molar-refractivity contribution in [3.05, 3.63) is 47.8 Å². The lowest BCUT2D eigenvalue weighted by Crippen LogP contribution is -2.28. The zero-order valence-corrected chi connectivity index (χ0v) is 24.8. The summed E-state index contributed by atoms with van der Waals surface area (Å²) in [4.78, 5) is 52.7. The van der Waals surface area contributed by atoms with Gasteiger partial charge in [-0.2, -0.15) is 0 Å². The SMILES string of the molecule is O=C(O)CCc1ccc(S(=O)(=O)Nc2ncc(C(=O)NCCOCCOCC(=O)CCCOCCOCC(=O)O)cn2)cc1. The highest BCUT2D eigenvalue weighted by molar-refractivity contribution is 7.92. The van der Waals surface area contributed by atoms with E-state index >= 15 is 0 Å². The Morgan fingerprint density at radius 2 is 1.36 bits per heavy atom. The number of sulfonamides is 1. The van der Waals surface area contributed by atoms with Gasteiger partial charge in [0.2, 0.25) is 5.95 Å². The van der Waals surface area contributed by atoms with Gasteiger partial charge in [-0.1, -0.05) is 12.1 Å². The molecule has 0 unspecified atom stereocenters. The fourth-order valence-electron chi connectivity index (χ4n) is 3.33. The van der Waals surface area contributed by atoms with Crippen LogP contribution in [0, 0.1) is 0 Å². The molecule has 0 fully saturated rings. The summed E-state index contributed by atoms with van der Waals surface area (Å²) in [6.07, 6.45) is 3.34. The fourth-order valence-corrected chi connectivity index (χ4v) is 4.29. The molecule has 0 saturated heterocycles. The lowest BCUT2D eigenvalue weighted by molar-refractivity contribution is -0.142. The summed E-state index contributed by atoms with van der Waals surface area (Å²) in [7, 11) is -4.00. The van der Waals surface area contributed by atoms with Crippen LogP contribution in [0.25, 0.3) is 0 Å². The number of hydrogen-bond donors (Lipinski definition) is 4. The normalized spacial score (nSPS) is 11.2. The number of aliphatic carboxylic acids is 2. The Balaban J connectivity index is 1.55. The number of benzene rings is 1. The number of aryl methyl sites for hydroxylation is 1. The molecule has 2 aromatic rings. The topological polar surface area (TPSA) is 230 Å². The van der Waals surface area contributed by atoms with Gasteiger partial charge in [0.25, 0.3) is 15.9 Å². The number of anilines is 1. The van der Waals surface area contributed by atoms with Gasteiger partial charge in [0.15, 0.2) is 5.78 Å². The molecule has 0 atom stereocenters. The van der Waals surface area contributed by atoms with Crippen LogP contribution in [0.5, 0.6) is 0 Å². The molecule has 0 spiro atoms. The Bertz CT molecular complexity index is 1310. The van der Waals surface area contributed by atoms with E-state index in [-0.39, 0.29) is 94.2 Å². The van der Waals surface area contributed by atoms with Gasteiger partial charge in [-0.05, 0) is 30.5 Å². The second-order valence-corrected chi connectivity index (χ2v) is 10.7. The van der Waals surface area contributed by atoms with E-state index in [9.17, 15) is 27.6 Å². The number of carboxylic acid groups (broad SMARTS) is 2. The van der Waals surface area contributed by atoms with Crippen molar-refractivity contribution in [3.63, 3.8) is 0 Å². The van der Waals surface area contributed by atoms with E-state index in [1.165, 1.54) is 36.7 Å². The number of aromatic nitrogens is 2. The van der Waals surface area contributed by atoms with Gasteiger partial charge in [-0.3, -0.25) is 14.4 Å². The number of ether oxygens (including phenoxy) is 4. The van der Waals surface area contributed by atoms with E-state index < -0.39 is 27.9 Å². The van der Waals surface area contributed by atoms with Crippen molar-refractivity contribution in [2.75, 3.05) is 64.1 Å². The second-order valence-electron chi connectivity index (χ2n) is 9.06. The highest BCUT2D eigenvalue weighted by atomic mass is 32.2. The molecular formula is C27H36N4O12S. The number of carboxylic acids is 2. The first-order valence-electron chi connectivity index (χ1n) is 13.5. The molecule has 17 heteroatoms. The quantitative estimate of drug-likeness (QED) is 0.115. The van der Waals surface area contributed by atoms with E-state index in [2.05, 4.69) is 20.0 Å². The molecule has 44 heavy (non-hydrogen) atoms. The maximum absolute atomic E-state index is 12.6. The minimum Gasteiger partial charge on any atom is -0.481 e. The summed E-state index contributed by atoms with van der Waals surface area (Å²) >= 11 is 0. The summed E-state index contributed by atoms with van der Waals surface area (Å²) in [5, 5.41) is 19.8. The van der Waals surface area contributed by atoms with Gasteiger partial charge in [0, 0.05) is 38.4 Å². The molecule has 0 saturated carbocycles. The third-order valence-corrected chi connectivity index (χ3v) is 6.85. The molecule has 242 valence electrons. The molecule has 1 aromatic carbocycles. The Morgan fingerprint density at radius 3 is 2.00 bits per heavy atom. The van der Waals surface area contributed by atoms with Crippen LogP contribution in [0.2, 0.25) is 0 Å². The van der Waals surface area contributed by atoms with Crippen molar-refractivity contribution in [2.24, 2.45) is 0 Å². The van der Waals surface area contributed by atoms with Crippen molar-refractivity contribution < 1.29 is 56.8 Å². The first kappa shape index (κ1) is 36.2. The van der Waals surface area contributed by atoms with Crippen LogP contribution in [0.4, 0.5) is 5.95 Å². The summed E-state index contributed by atoms with van der Waals surface area (Å²) in [6, 6.07) is 5.75. The van der Waals surface area contributed by atoms with Crippen molar-refractivity contribution in [1.29, 1.82) is 0 Å². The number of rotatable bonds is 24. The highest BCUT2D eigenvalue weighted by Gasteiger charge is 2.16. The maximum Gasteiger partial charge on any atom is 0.329 e. The average molecular weight is 641 g/mol. The van der Waals surface area contributed by atoms with Crippen LogP contribution < -0.4 is 10.0 Å². The van der Waals surface area contributed by atoms with E-state index in [4.69, 9.17) is 29.2 Å². The zero-order chi connectivity index (χ0) is 32.2. The van der Waals surface area contributed by atoms with Gasteiger partial charge in [-0.15, -0.1) is 0 Å². The molecule has 1 heterocycles. The van der Waals surface area contributed by atoms with Crippen LogP contribution in [-0.2, 0) is 49.8 Å². The Kier molecular flexibility index (Phi) is 16.5. The Labute approximate surface area is 254 Å². The van der Waals surface area contributed by atoms with E-state index in [1.54, 1.807) is 0 Å². The van der Waals surface area contributed by atoms with E-state index in [1.807, 2.05) is 0 Å². The Morgan fingerprint density at radius 1 is 0.750 bits per heavy atom. The molecule has 4 N–H and O–H groups in total. The number of ketones is 1. The van der Waals surface area contributed by atoms with Crippen LogP contribution >= 0.6 is 0 Å². The van der Waals surface area contributed by atoms with Crippen molar-refractivity contribution in [1.82, 2.24) is 15.3 Å². The summed E-state index contributed by atoms with van der Waals surface area (Å²) < 4.78 is 48.1. The van der Waals surface area contributed by atoms with Crippen molar-refractivity contribution >= 4 is 39.6 Å². The van der Waals surface area contributed by atoms with Crippen LogP contribution in [-0.4, -0.2) is 112 Å². The predicted molar refractivity (Wildman–Crippen MR) is 153 cm³/mol. The average Bonchev–Trinajstić information content (AvgIpc) is 2.98. The lowest BCUT2D eigenvalue weighted by atomic mass is 10.1. The van der Waals surface area contributed by atoms with Gasteiger partial charge in [0.1, 0.15) is 13.2 Å². The summed E-state index contributed by atoms with van der Waals surface area (Å²) in [6.45, 7) is 1.09. The molecule has 0 radical (unpaired) electrons. The minimum absolute atomic E-state index is 0.0555. The summed E-state index contributed by atoms with van der Waals surface area (Å²) in [5.41, 5.74) is 0.786. The number of Topliss-reactive ketones (excluding diaryl/α,β-unsaturated/α-hetero) is 1. The third-order valence-electron chi connectivity index (χ3n) is 5.51. The maximum atomic E-state index is 12.6. The summed E-state index contributed by atoms with van der Waals surface area (Å²) in [5.74, 6) is -2.80. The van der Waals surface area contributed by atoms with Gasteiger partial charge in [-0.25, -0.2) is 27.9 Å². The van der Waals surface area contributed by atoms with Crippen LogP contribution in [0.3, 0.4) is 0 Å². The first-order valence-corrected chi connectivity index (χ1v) is 15.0. The lowest BCUT2D eigenvalue weighted by Gasteiger charge is -2.09. The van der Waals surface area contributed by atoms with Gasteiger partial charge >= 0.3 is 11.9 Å². The number of nitrogens with one attached hydrogen (secondary N) is 2. The smallest absolute Gasteiger partial charge is 0.329 e. The third kappa shape index (κ3) is 15.4. The van der Waals surface area contributed by atoms with Gasteiger partial charge < -0.3 is 34.5 Å². The number of carbonyl (C=O) groups excluding carboxylic acids is 2. The number of hydrogen-bond acceptors (Lipinski definition) is 12. The highest BCUT2D eigenvalue weighted by Crippen LogP contribution is 2.15. The van der Waals surface area contributed by atoms with Crippen LogP contribution in [0.15, 0.2) is 41.6 Å². The van der Waals surface area contributed by atoms with Crippen molar-refractivity contribution in [2.45, 2.75) is 30.6 Å². The van der Waals surface area contributed by atoms with E-state index in [0.717, 1.165) is 0 Å². The van der Waals surface area contributed by atoms with Gasteiger partial charge in [0.05, 0.1) is 43.5 Å². The molecule has 0 aliphatic carbocycles. The minimum atomic E-state index is -4.00. The Hall–Kier alpha value is -4.03. The predicted octanol–water partition coefficient (Wildman–Crippen LogP) is 0.525. The number of carbonyl (C=O) groups is 4. The molecule has 1 amide bonds. The molecule has 16 nitrogen and oxygen atoms in total. The van der Waals surface area contributed by atoms with E-state index in [0.29, 0.717) is 18.6 Å². The molecule has 2 rings (SSSR count). The van der Waals surface area contributed by atoms with Crippen molar-refractivity contribution in [3.8, 4) is 0 Å². The molecule has 1 aromatic heterocycles. The number of amides is 1. The molecule has 0 aliphatic heterocycles. The monoisotopic (exact) mass is 640 g/mol.